The average Bonchev–Trinajstić information content (AvgIpc) is 2.53. The molecule has 1 amide bonds. The topological polar surface area (TPSA) is 44.7 Å². The van der Waals surface area contributed by atoms with Gasteiger partial charge in [0.05, 0.1) is 12.3 Å². The summed E-state index contributed by atoms with van der Waals surface area (Å²) in [7, 11) is 0. The van der Waals surface area contributed by atoms with Gasteiger partial charge in [0.2, 0.25) is 0 Å². The summed E-state index contributed by atoms with van der Waals surface area (Å²) in [6, 6.07) is 8.39. The lowest BCUT2D eigenvalue weighted by molar-refractivity contribution is -0.122. The van der Waals surface area contributed by atoms with Gasteiger partial charge in [0.1, 0.15) is 0 Å². The maximum absolute atomic E-state index is 12.0. The number of rotatable bonds is 4. The molecule has 0 saturated carbocycles. The van der Waals surface area contributed by atoms with Crippen molar-refractivity contribution in [1.82, 2.24) is 10.3 Å². The molecule has 0 aromatic heterocycles. The molecule has 23 heavy (non-hydrogen) atoms. The van der Waals surface area contributed by atoms with Crippen LogP contribution in [0.2, 0.25) is 0 Å². The molecule has 0 spiro atoms. The number of hydrogen-bond donors (Lipinski definition) is 1. The molecule has 4 heteroatoms. The second-order valence-corrected chi connectivity index (χ2v) is 7.40. The van der Waals surface area contributed by atoms with Crippen LogP contribution in [0.15, 0.2) is 29.4 Å². The highest BCUT2D eigenvalue weighted by Crippen LogP contribution is 2.22. The Morgan fingerprint density at radius 2 is 1.74 bits per heavy atom. The van der Waals surface area contributed by atoms with Crippen molar-refractivity contribution in [2.45, 2.75) is 52.4 Å². The second kappa shape index (κ2) is 7.73. The molecule has 1 aliphatic rings. The molecule has 1 aromatic rings. The minimum Gasteiger partial charge on any atom is -0.294 e. The Bertz CT molecular complexity index is 549. The highest BCUT2D eigenvalue weighted by atomic mass is 16.2. The lowest BCUT2D eigenvalue weighted by atomic mass is 9.86. The summed E-state index contributed by atoms with van der Waals surface area (Å²) < 4.78 is 0. The summed E-state index contributed by atoms with van der Waals surface area (Å²) >= 11 is 0. The summed E-state index contributed by atoms with van der Waals surface area (Å²) in [6.07, 6.45) is 3.66. The molecule has 0 unspecified atom stereocenters. The van der Waals surface area contributed by atoms with Crippen molar-refractivity contribution in [3.63, 3.8) is 0 Å². The van der Waals surface area contributed by atoms with E-state index in [-0.39, 0.29) is 11.3 Å². The largest absolute Gasteiger partial charge is 0.294 e. The number of piperidine rings is 1. The smallest absolute Gasteiger partial charge is 0.254 e. The lowest BCUT2D eigenvalue weighted by Crippen LogP contribution is -2.38. The van der Waals surface area contributed by atoms with Crippen LogP contribution in [0.3, 0.4) is 0 Å². The lowest BCUT2D eigenvalue weighted by Gasteiger charge is -2.25. The summed E-state index contributed by atoms with van der Waals surface area (Å²) in [6.45, 7) is 11.0. The Kier molecular flexibility index (Phi) is 5.94. The zero-order valence-electron chi connectivity index (χ0n) is 14.9. The van der Waals surface area contributed by atoms with E-state index in [2.05, 4.69) is 60.5 Å². The number of nitrogens with one attached hydrogen (secondary N) is 1. The molecule has 126 valence electrons. The first-order valence-electron chi connectivity index (χ1n) is 8.52. The molecule has 0 atom stereocenters. The van der Waals surface area contributed by atoms with Crippen molar-refractivity contribution in [1.29, 1.82) is 0 Å². The molecule has 0 aliphatic carbocycles. The first-order chi connectivity index (χ1) is 10.9. The third-order valence-corrected chi connectivity index (χ3v) is 4.33. The van der Waals surface area contributed by atoms with Crippen molar-refractivity contribution in [2.75, 3.05) is 19.6 Å². The van der Waals surface area contributed by atoms with E-state index in [1.807, 2.05) is 6.92 Å². The van der Waals surface area contributed by atoms with E-state index in [4.69, 9.17) is 0 Å². The molecule has 0 bridgehead atoms. The number of hydrogen-bond acceptors (Lipinski definition) is 3. The summed E-state index contributed by atoms with van der Waals surface area (Å²) in [5, 5.41) is 4.24. The average molecular weight is 315 g/mol. The van der Waals surface area contributed by atoms with Crippen LogP contribution in [0, 0.1) is 0 Å². The van der Waals surface area contributed by atoms with Crippen LogP contribution < -0.4 is 5.43 Å². The Balaban J connectivity index is 1.90. The molecule has 1 heterocycles. The molecule has 1 saturated heterocycles. The van der Waals surface area contributed by atoms with Crippen LogP contribution in [0.5, 0.6) is 0 Å². The Morgan fingerprint density at radius 3 is 2.30 bits per heavy atom. The van der Waals surface area contributed by atoms with Gasteiger partial charge >= 0.3 is 0 Å². The highest BCUT2D eigenvalue weighted by Gasteiger charge is 2.14. The van der Waals surface area contributed by atoms with Crippen molar-refractivity contribution in [2.24, 2.45) is 5.10 Å². The zero-order chi connectivity index (χ0) is 16.9. The molecule has 1 aliphatic heterocycles. The van der Waals surface area contributed by atoms with Gasteiger partial charge in [-0.2, -0.15) is 5.10 Å². The van der Waals surface area contributed by atoms with Gasteiger partial charge in [-0.15, -0.1) is 0 Å². The molecule has 1 N–H and O–H groups in total. The monoisotopic (exact) mass is 315 g/mol. The Morgan fingerprint density at radius 1 is 1.13 bits per heavy atom. The standard InChI is InChI=1S/C19H29N3O/c1-15(16-8-10-17(11-9-16)19(2,3)4)20-21-18(23)14-22-12-6-5-7-13-22/h8-11H,5-7,12-14H2,1-4H3,(H,21,23)/b20-15+. The van der Waals surface area contributed by atoms with E-state index in [1.54, 1.807) is 0 Å². The van der Waals surface area contributed by atoms with Gasteiger partial charge < -0.3 is 0 Å². The minimum atomic E-state index is -0.0300. The fourth-order valence-electron chi connectivity index (χ4n) is 2.78. The third-order valence-electron chi connectivity index (χ3n) is 4.33. The van der Waals surface area contributed by atoms with E-state index in [0.717, 1.165) is 24.4 Å². The van der Waals surface area contributed by atoms with Gasteiger partial charge in [-0.3, -0.25) is 9.69 Å². The maximum Gasteiger partial charge on any atom is 0.254 e. The van der Waals surface area contributed by atoms with E-state index in [1.165, 1.54) is 24.8 Å². The highest BCUT2D eigenvalue weighted by molar-refractivity contribution is 5.99. The maximum atomic E-state index is 12.0. The van der Waals surface area contributed by atoms with Crippen LogP contribution in [-0.4, -0.2) is 36.2 Å². The fraction of sp³-hybridized carbons (Fsp3) is 0.579. The number of carbonyl (C=O) groups is 1. The Hall–Kier alpha value is -1.68. The number of nitrogens with zero attached hydrogens (tertiary/aromatic N) is 2. The predicted molar refractivity (Wildman–Crippen MR) is 95.8 cm³/mol. The molecular formula is C19H29N3O. The number of hydrazone groups is 1. The molecule has 1 fully saturated rings. The number of amides is 1. The molecular weight excluding hydrogens is 286 g/mol. The molecule has 1 aromatic carbocycles. The van der Waals surface area contributed by atoms with E-state index < -0.39 is 0 Å². The van der Waals surface area contributed by atoms with Gasteiger partial charge in [-0.25, -0.2) is 5.43 Å². The molecule has 0 radical (unpaired) electrons. The van der Waals surface area contributed by atoms with E-state index in [0.29, 0.717) is 6.54 Å². The molecule has 2 rings (SSSR count). The van der Waals surface area contributed by atoms with Gasteiger partial charge in [0.15, 0.2) is 0 Å². The zero-order valence-corrected chi connectivity index (χ0v) is 14.9. The van der Waals surface area contributed by atoms with Gasteiger partial charge in [0, 0.05) is 0 Å². The van der Waals surface area contributed by atoms with Crippen LogP contribution in [-0.2, 0) is 10.2 Å². The van der Waals surface area contributed by atoms with Crippen molar-refractivity contribution in [3.05, 3.63) is 35.4 Å². The van der Waals surface area contributed by atoms with Gasteiger partial charge in [-0.1, -0.05) is 51.5 Å². The SMILES string of the molecule is C/C(=N\NC(=O)CN1CCCCC1)c1ccc(C(C)(C)C)cc1. The third kappa shape index (κ3) is 5.47. The number of benzene rings is 1. The Labute approximate surface area is 140 Å². The number of likely N-dealkylation sites (tertiary alicyclic amines) is 1. The first-order valence-corrected chi connectivity index (χ1v) is 8.52. The summed E-state index contributed by atoms with van der Waals surface area (Å²) in [5.74, 6) is -0.0300. The summed E-state index contributed by atoms with van der Waals surface area (Å²) in [5.41, 5.74) is 5.99. The predicted octanol–water partition coefficient (Wildman–Crippen LogP) is 3.31. The van der Waals surface area contributed by atoms with E-state index in [9.17, 15) is 4.79 Å². The first kappa shape index (κ1) is 17.7. The fourth-order valence-corrected chi connectivity index (χ4v) is 2.78. The quantitative estimate of drug-likeness (QED) is 0.684. The minimum absolute atomic E-state index is 0.0300. The number of carbonyl (C=O) groups excluding carboxylic acids is 1. The van der Waals surface area contributed by atoms with Crippen LogP contribution in [0.4, 0.5) is 0 Å². The van der Waals surface area contributed by atoms with Crippen LogP contribution in [0.25, 0.3) is 0 Å². The normalized spacial score (nSPS) is 17.1. The summed E-state index contributed by atoms with van der Waals surface area (Å²) in [4.78, 5) is 14.2. The van der Waals surface area contributed by atoms with E-state index >= 15 is 0 Å². The second-order valence-electron chi connectivity index (χ2n) is 7.40. The van der Waals surface area contributed by atoms with Gasteiger partial charge in [-0.05, 0) is 49.4 Å². The van der Waals surface area contributed by atoms with Crippen molar-refractivity contribution < 1.29 is 4.79 Å². The van der Waals surface area contributed by atoms with Crippen molar-refractivity contribution >= 4 is 11.6 Å². The molecule has 4 nitrogen and oxygen atoms in total. The van der Waals surface area contributed by atoms with Gasteiger partial charge in [0.25, 0.3) is 5.91 Å². The van der Waals surface area contributed by atoms with Crippen LogP contribution in [0.1, 0.15) is 58.1 Å². The van der Waals surface area contributed by atoms with Crippen LogP contribution >= 0.6 is 0 Å². The van der Waals surface area contributed by atoms with Crippen molar-refractivity contribution in [3.8, 4) is 0 Å².